The number of piperidine rings is 1. The minimum atomic E-state index is -0.767. The van der Waals surface area contributed by atoms with Gasteiger partial charge in [-0.3, -0.25) is 14.3 Å². The molecule has 1 N–H and O–H groups in total. The maximum atomic E-state index is 12.2. The number of rotatable bonds is 2. The average molecular weight is 251 g/mol. The van der Waals surface area contributed by atoms with Crippen molar-refractivity contribution in [2.45, 2.75) is 19.8 Å². The lowest BCUT2D eigenvalue weighted by Crippen LogP contribution is -2.40. The van der Waals surface area contributed by atoms with Crippen molar-refractivity contribution >= 4 is 11.9 Å². The number of aromatic nitrogens is 2. The molecule has 1 fully saturated rings. The van der Waals surface area contributed by atoms with Crippen LogP contribution in [0.25, 0.3) is 0 Å². The lowest BCUT2D eigenvalue weighted by atomic mass is 9.97. The van der Waals surface area contributed by atoms with E-state index in [2.05, 4.69) is 5.10 Å². The highest BCUT2D eigenvalue weighted by molar-refractivity contribution is 5.93. The maximum Gasteiger partial charge on any atom is 0.306 e. The number of likely N-dealkylation sites (tertiary alicyclic amines) is 1. The number of hydrogen-bond acceptors (Lipinski definition) is 3. The van der Waals surface area contributed by atoms with Crippen LogP contribution in [0.3, 0.4) is 0 Å². The first-order valence-corrected chi connectivity index (χ1v) is 6.01. The van der Waals surface area contributed by atoms with Gasteiger partial charge in [-0.15, -0.1) is 0 Å². The van der Waals surface area contributed by atoms with Crippen molar-refractivity contribution in [1.29, 1.82) is 0 Å². The smallest absolute Gasteiger partial charge is 0.306 e. The molecule has 1 aromatic heterocycles. The number of carboxylic acid groups (broad SMARTS) is 1. The molecule has 1 saturated heterocycles. The highest BCUT2D eigenvalue weighted by Gasteiger charge is 2.28. The molecule has 0 unspecified atom stereocenters. The standard InChI is InChI=1S/C12H17N3O3/c1-8-7-14(2)13-10(8)11(16)15-5-3-9(4-6-15)12(17)18/h7,9H,3-6H2,1-2H3,(H,17,18). The number of aliphatic carboxylic acids is 1. The van der Waals surface area contributed by atoms with Gasteiger partial charge in [0.05, 0.1) is 5.92 Å². The molecule has 98 valence electrons. The summed E-state index contributed by atoms with van der Waals surface area (Å²) in [5.74, 6) is -1.19. The molecule has 6 heteroatoms. The van der Waals surface area contributed by atoms with E-state index in [9.17, 15) is 9.59 Å². The Bertz CT molecular complexity index is 473. The van der Waals surface area contributed by atoms with Crippen LogP contribution in [0, 0.1) is 12.8 Å². The number of amides is 1. The Morgan fingerprint density at radius 2 is 2.00 bits per heavy atom. The summed E-state index contributed by atoms with van der Waals surface area (Å²) in [5.41, 5.74) is 1.31. The molecule has 1 aromatic rings. The number of hydrogen-bond donors (Lipinski definition) is 1. The zero-order valence-corrected chi connectivity index (χ0v) is 10.6. The van der Waals surface area contributed by atoms with Crippen LogP contribution in [0.4, 0.5) is 0 Å². The molecule has 0 saturated carbocycles. The van der Waals surface area contributed by atoms with Crippen LogP contribution in [0.2, 0.25) is 0 Å². The van der Waals surface area contributed by atoms with E-state index >= 15 is 0 Å². The molecule has 6 nitrogen and oxygen atoms in total. The molecule has 1 aliphatic heterocycles. The Labute approximate surface area is 105 Å². The molecule has 0 bridgehead atoms. The van der Waals surface area contributed by atoms with Gasteiger partial charge >= 0.3 is 5.97 Å². The van der Waals surface area contributed by atoms with Gasteiger partial charge in [0, 0.05) is 31.9 Å². The zero-order chi connectivity index (χ0) is 13.3. The van der Waals surface area contributed by atoms with Gasteiger partial charge < -0.3 is 10.0 Å². The lowest BCUT2D eigenvalue weighted by molar-refractivity contribution is -0.143. The van der Waals surface area contributed by atoms with Crippen LogP contribution in [-0.4, -0.2) is 44.8 Å². The number of carbonyl (C=O) groups is 2. The second-order valence-corrected chi connectivity index (χ2v) is 4.74. The van der Waals surface area contributed by atoms with Crippen LogP contribution in [0.15, 0.2) is 6.20 Å². The van der Waals surface area contributed by atoms with Crippen molar-refractivity contribution in [3.8, 4) is 0 Å². The minimum absolute atomic E-state index is 0.100. The lowest BCUT2D eigenvalue weighted by Gasteiger charge is -2.29. The highest BCUT2D eigenvalue weighted by atomic mass is 16.4. The van der Waals surface area contributed by atoms with Gasteiger partial charge in [0.1, 0.15) is 0 Å². The quantitative estimate of drug-likeness (QED) is 0.838. The number of aryl methyl sites for hydroxylation is 2. The van der Waals surface area contributed by atoms with Gasteiger partial charge in [-0.1, -0.05) is 0 Å². The topological polar surface area (TPSA) is 75.4 Å². The molecular weight excluding hydrogens is 234 g/mol. The summed E-state index contributed by atoms with van der Waals surface area (Å²) in [6.45, 7) is 2.84. The minimum Gasteiger partial charge on any atom is -0.481 e. The summed E-state index contributed by atoms with van der Waals surface area (Å²) >= 11 is 0. The fourth-order valence-corrected chi connectivity index (χ4v) is 2.30. The SMILES string of the molecule is Cc1cn(C)nc1C(=O)N1CCC(C(=O)O)CC1. The van der Waals surface area contributed by atoms with E-state index in [1.54, 1.807) is 22.8 Å². The van der Waals surface area contributed by atoms with Crippen molar-refractivity contribution in [3.63, 3.8) is 0 Å². The first kappa shape index (κ1) is 12.6. The van der Waals surface area contributed by atoms with Gasteiger partial charge in [0.2, 0.25) is 0 Å². The van der Waals surface area contributed by atoms with Gasteiger partial charge in [0.25, 0.3) is 5.91 Å². The van der Waals surface area contributed by atoms with E-state index in [0.29, 0.717) is 31.6 Å². The van der Waals surface area contributed by atoms with Gasteiger partial charge in [-0.05, 0) is 19.8 Å². The van der Waals surface area contributed by atoms with E-state index in [0.717, 1.165) is 5.56 Å². The second kappa shape index (κ2) is 4.80. The Balaban J connectivity index is 2.04. The van der Waals surface area contributed by atoms with E-state index in [1.807, 2.05) is 6.92 Å². The Hall–Kier alpha value is -1.85. The third kappa shape index (κ3) is 2.37. The normalized spacial score (nSPS) is 16.9. The number of carboxylic acids is 1. The van der Waals surface area contributed by atoms with Crippen LogP contribution in [0.5, 0.6) is 0 Å². The molecule has 18 heavy (non-hydrogen) atoms. The molecular formula is C12H17N3O3. The summed E-state index contributed by atoms with van der Waals surface area (Å²) in [6.07, 6.45) is 2.84. The molecule has 1 amide bonds. The highest BCUT2D eigenvalue weighted by Crippen LogP contribution is 2.19. The molecule has 0 atom stereocenters. The largest absolute Gasteiger partial charge is 0.481 e. The summed E-state index contributed by atoms with van der Waals surface area (Å²) < 4.78 is 1.62. The van der Waals surface area contributed by atoms with Crippen LogP contribution in [-0.2, 0) is 11.8 Å². The molecule has 1 aliphatic rings. The van der Waals surface area contributed by atoms with Gasteiger partial charge in [-0.2, -0.15) is 5.10 Å². The third-order valence-electron chi connectivity index (χ3n) is 3.35. The molecule has 0 spiro atoms. The summed E-state index contributed by atoms with van der Waals surface area (Å²) in [7, 11) is 1.78. The number of carbonyl (C=O) groups excluding carboxylic acids is 1. The van der Waals surface area contributed by atoms with Crippen molar-refractivity contribution in [2.24, 2.45) is 13.0 Å². The molecule has 0 aromatic carbocycles. The summed E-state index contributed by atoms with van der Waals surface area (Å²) in [5, 5.41) is 13.1. The third-order valence-corrected chi connectivity index (χ3v) is 3.35. The second-order valence-electron chi connectivity index (χ2n) is 4.74. The predicted molar refractivity (Wildman–Crippen MR) is 64.2 cm³/mol. The number of nitrogens with zero attached hydrogens (tertiary/aromatic N) is 3. The van der Waals surface area contributed by atoms with E-state index < -0.39 is 5.97 Å². The fraction of sp³-hybridized carbons (Fsp3) is 0.583. The molecule has 2 rings (SSSR count). The Morgan fingerprint density at radius 3 is 2.44 bits per heavy atom. The monoisotopic (exact) mass is 251 g/mol. The summed E-state index contributed by atoms with van der Waals surface area (Å²) in [6, 6.07) is 0. The first-order chi connectivity index (χ1) is 8.49. The van der Waals surface area contributed by atoms with Crippen molar-refractivity contribution in [3.05, 3.63) is 17.5 Å². The van der Waals surface area contributed by atoms with Crippen molar-refractivity contribution in [2.75, 3.05) is 13.1 Å². The van der Waals surface area contributed by atoms with Crippen LogP contribution >= 0.6 is 0 Å². The van der Waals surface area contributed by atoms with Crippen LogP contribution in [0.1, 0.15) is 28.9 Å². The molecule has 0 aliphatic carbocycles. The van der Waals surface area contributed by atoms with E-state index in [4.69, 9.17) is 5.11 Å². The maximum absolute atomic E-state index is 12.2. The average Bonchev–Trinajstić information content (AvgIpc) is 2.67. The van der Waals surface area contributed by atoms with E-state index in [-0.39, 0.29) is 11.8 Å². The van der Waals surface area contributed by atoms with Crippen LogP contribution < -0.4 is 0 Å². The van der Waals surface area contributed by atoms with Crippen molar-refractivity contribution < 1.29 is 14.7 Å². The zero-order valence-electron chi connectivity index (χ0n) is 10.6. The predicted octanol–water partition coefficient (Wildman–Crippen LogP) is 0.665. The molecule has 2 heterocycles. The summed E-state index contributed by atoms with van der Waals surface area (Å²) in [4.78, 5) is 24.7. The molecule has 0 radical (unpaired) electrons. The fourth-order valence-electron chi connectivity index (χ4n) is 2.30. The Kier molecular flexibility index (Phi) is 3.36. The first-order valence-electron chi connectivity index (χ1n) is 6.01. The van der Waals surface area contributed by atoms with Crippen molar-refractivity contribution in [1.82, 2.24) is 14.7 Å². The Morgan fingerprint density at radius 1 is 1.39 bits per heavy atom. The van der Waals surface area contributed by atoms with E-state index in [1.165, 1.54) is 0 Å². The van der Waals surface area contributed by atoms with Gasteiger partial charge in [-0.25, -0.2) is 0 Å². The van der Waals surface area contributed by atoms with Gasteiger partial charge in [0.15, 0.2) is 5.69 Å².